The van der Waals surface area contributed by atoms with E-state index in [0.717, 1.165) is 12.0 Å². The zero-order valence-corrected chi connectivity index (χ0v) is 10.4. The SMILES string of the molecule is CCCC(=O)C(N)c1ccc(C(C)C)cc1. The molecule has 0 aliphatic heterocycles. The standard InChI is InChI=1S/C14H21NO/c1-4-5-13(16)14(15)12-8-6-11(7-9-12)10(2)3/h6-10,14H,4-5,15H2,1-3H3. The third-order valence-electron chi connectivity index (χ3n) is 2.81. The summed E-state index contributed by atoms with van der Waals surface area (Å²) in [4.78, 5) is 11.6. The number of ketones is 1. The molecule has 0 amide bonds. The van der Waals surface area contributed by atoms with Gasteiger partial charge >= 0.3 is 0 Å². The Morgan fingerprint density at radius 1 is 1.19 bits per heavy atom. The Bertz CT molecular complexity index is 340. The predicted molar refractivity (Wildman–Crippen MR) is 67.4 cm³/mol. The number of benzene rings is 1. The Morgan fingerprint density at radius 3 is 2.12 bits per heavy atom. The summed E-state index contributed by atoms with van der Waals surface area (Å²) in [5.74, 6) is 0.636. The van der Waals surface area contributed by atoms with Crippen LogP contribution in [0.5, 0.6) is 0 Å². The number of carbonyl (C=O) groups is 1. The molecule has 0 aromatic heterocycles. The molecular formula is C14H21NO. The Balaban J connectivity index is 2.77. The van der Waals surface area contributed by atoms with Gasteiger partial charge in [0.2, 0.25) is 0 Å². The largest absolute Gasteiger partial charge is 0.318 e. The molecule has 0 aliphatic rings. The number of hydrogen-bond donors (Lipinski definition) is 1. The van der Waals surface area contributed by atoms with E-state index in [1.165, 1.54) is 5.56 Å². The van der Waals surface area contributed by atoms with Gasteiger partial charge in [0.15, 0.2) is 5.78 Å². The lowest BCUT2D eigenvalue weighted by molar-refractivity contribution is -0.120. The van der Waals surface area contributed by atoms with Crippen LogP contribution in [0.3, 0.4) is 0 Å². The second-order valence-corrected chi connectivity index (χ2v) is 4.52. The molecule has 2 heteroatoms. The Hall–Kier alpha value is -1.15. The van der Waals surface area contributed by atoms with Crippen LogP contribution in [-0.2, 0) is 4.79 Å². The molecule has 0 spiro atoms. The van der Waals surface area contributed by atoms with Crippen LogP contribution in [0.4, 0.5) is 0 Å². The van der Waals surface area contributed by atoms with Crippen molar-refractivity contribution in [1.82, 2.24) is 0 Å². The molecule has 2 N–H and O–H groups in total. The zero-order chi connectivity index (χ0) is 12.1. The normalized spacial score (nSPS) is 12.8. The maximum absolute atomic E-state index is 11.6. The third-order valence-corrected chi connectivity index (χ3v) is 2.81. The van der Waals surface area contributed by atoms with E-state index in [9.17, 15) is 4.79 Å². The van der Waals surface area contributed by atoms with Crippen molar-refractivity contribution in [3.05, 3.63) is 35.4 Å². The van der Waals surface area contributed by atoms with Gasteiger partial charge in [-0.3, -0.25) is 4.79 Å². The molecule has 1 rings (SSSR count). The van der Waals surface area contributed by atoms with Gasteiger partial charge < -0.3 is 5.73 Å². The predicted octanol–water partition coefficient (Wildman–Crippen LogP) is 3.18. The quantitative estimate of drug-likeness (QED) is 0.826. The van der Waals surface area contributed by atoms with Crippen LogP contribution >= 0.6 is 0 Å². The van der Waals surface area contributed by atoms with Crippen LogP contribution in [-0.4, -0.2) is 5.78 Å². The Kier molecular flexibility index (Phi) is 4.69. The first kappa shape index (κ1) is 12.9. The van der Waals surface area contributed by atoms with Crippen molar-refractivity contribution in [3.63, 3.8) is 0 Å². The van der Waals surface area contributed by atoms with Crippen LogP contribution in [0.25, 0.3) is 0 Å². The van der Waals surface area contributed by atoms with Gasteiger partial charge in [-0.25, -0.2) is 0 Å². The van der Waals surface area contributed by atoms with Gasteiger partial charge in [0.05, 0.1) is 6.04 Å². The van der Waals surface area contributed by atoms with Gasteiger partial charge in [0, 0.05) is 6.42 Å². The zero-order valence-electron chi connectivity index (χ0n) is 10.4. The van der Waals surface area contributed by atoms with Crippen LogP contribution in [0, 0.1) is 0 Å². The van der Waals surface area contributed by atoms with Gasteiger partial charge in [0.25, 0.3) is 0 Å². The van der Waals surface area contributed by atoms with Crippen LogP contribution in [0.15, 0.2) is 24.3 Å². The molecule has 0 bridgehead atoms. The number of Topliss-reactive ketones (excluding diaryl/α,β-unsaturated/α-hetero) is 1. The molecule has 0 aliphatic carbocycles. The maximum Gasteiger partial charge on any atom is 0.154 e. The van der Waals surface area contributed by atoms with Crippen LogP contribution in [0.1, 0.15) is 56.7 Å². The van der Waals surface area contributed by atoms with Gasteiger partial charge in [0.1, 0.15) is 0 Å². The minimum atomic E-state index is -0.457. The molecule has 0 radical (unpaired) electrons. The monoisotopic (exact) mass is 219 g/mol. The highest BCUT2D eigenvalue weighted by Gasteiger charge is 2.14. The second kappa shape index (κ2) is 5.80. The topological polar surface area (TPSA) is 43.1 Å². The number of nitrogens with two attached hydrogens (primary N) is 1. The summed E-state index contributed by atoms with van der Waals surface area (Å²) in [7, 11) is 0. The van der Waals surface area contributed by atoms with E-state index in [-0.39, 0.29) is 5.78 Å². The average Bonchev–Trinajstić information content (AvgIpc) is 2.28. The first-order valence-corrected chi connectivity index (χ1v) is 5.94. The molecule has 1 unspecified atom stereocenters. The lowest BCUT2D eigenvalue weighted by Crippen LogP contribution is -2.21. The van der Waals surface area contributed by atoms with Gasteiger partial charge in [-0.1, -0.05) is 45.0 Å². The van der Waals surface area contributed by atoms with Crippen molar-refractivity contribution in [1.29, 1.82) is 0 Å². The number of hydrogen-bond acceptors (Lipinski definition) is 2. The van der Waals surface area contributed by atoms with E-state index in [1.807, 2.05) is 19.1 Å². The lowest BCUT2D eigenvalue weighted by Gasteiger charge is -2.12. The minimum Gasteiger partial charge on any atom is -0.318 e. The fourth-order valence-electron chi connectivity index (χ4n) is 1.68. The first-order chi connectivity index (χ1) is 7.56. The molecule has 0 heterocycles. The average molecular weight is 219 g/mol. The number of rotatable bonds is 5. The van der Waals surface area contributed by atoms with Gasteiger partial charge in [-0.15, -0.1) is 0 Å². The summed E-state index contributed by atoms with van der Waals surface area (Å²) in [6.07, 6.45) is 1.42. The molecule has 1 atom stereocenters. The maximum atomic E-state index is 11.6. The van der Waals surface area contributed by atoms with Crippen molar-refractivity contribution >= 4 is 5.78 Å². The summed E-state index contributed by atoms with van der Waals surface area (Å²) < 4.78 is 0. The summed E-state index contributed by atoms with van der Waals surface area (Å²) in [5, 5.41) is 0. The molecule has 2 nitrogen and oxygen atoms in total. The minimum absolute atomic E-state index is 0.125. The van der Waals surface area contributed by atoms with Crippen molar-refractivity contribution in [2.24, 2.45) is 5.73 Å². The van der Waals surface area contributed by atoms with Crippen molar-refractivity contribution in [2.75, 3.05) is 0 Å². The smallest absolute Gasteiger partial charge is 0.154 e. The molecule has 1 aromatic carbocycles. The summed E-state index contributed by atoms with van der Waals surface area (Å²) in [6.45, 7) is 6.29. The highest BCUT2D eigenvalue weighted by Crippen LogP contribution is 2.19. The first-order valence-electron chi connectivity index (χ1n) is 5.94. The highest BCUT2D eigenvalue weighted by molar-refractivity contribution is 5.84. The second-order valence-electron chi connectivity index (χ2n) is 4.52. The highest BCUT2D eigenvalue weighted by atomic mass is 16.1. The number of carbonyl (C=O) groups excluding carboxylic acids is 1. The fourth-order valence-corrected chi connectivity index (χ4v) is 1.68. The Morgan fingerprint density at radius 2 is 1.69 bits per heavy atom. The lowest BCUT2D eigenvalue weighted by atomic mass is 9.96. The molecular weight excluding hydrogens is 198 g/mol. The van der Waals surface area contributed by atoms with Gasteiger partial charge in [-0.05, 0) is 23.5 Å². The summed E-state index contributed by atoms with van der Waals surface area (Å²) in [6, 6.07) is 7.58. The molecule has 88 valence electrons. The third kappa shape index (κ3) is 3.17. The van der Waals surface area contributed by atoms with Crippen molar-refractivity contribution in [2.45, 2.75) is 45.6 Å². The molecule has 0 saturated heterocycles. The van der Waals surface area contributed by atoms with E-state index in [1.54, 1.807) is 0 Å². The molecule has 0 fully saturated rings. The van der Waals surface area contributed by atoms with E-state index < -0.39 is 6.04 Å². The van der Waals surface area contributed by atoms with Crippen LogP contribution in [0.2, 0.25) is 0 Å². The molecule has 16 heavy (non-hydrogen) atoms. The summed E-state index contributed by atoms with van der Waals surface area (Å²) >= 11 is 0. The molecule has 0 saturated carbocycles. The summed E-state index contributed by atoms with van der Waals surface area (Å²) in [5.41, 5.74) is 8.10. The van der Waals surface area contributed by atoms with E-state index in [2.05, 4.69) is 26.0 Å². The van der Waals surface area contributed by atoms with Crippen molar-refractivity contribution in [3.8, 4) is 0 Å². The fraction of sp³-hybridized carbons (Fsp3) is 0.500. The van der Waals surface area contributed by atoms with E-state index >= 15 is 0 Å². The Labute approximate surface area is 97.9 Å². The van der Waals surface area contributed by atoms with Crippen molar-refractivity contribution < 1.29 is 4.79 Å². The van der Waals surface area contributed by atoms with Gasteiger partial charge in [-0.2, -0.15) is 0 Å². The van der Waals surface area contributed by atoms with E-state index in [4.69, 9.17) is 5.73 Å². The van der Waals surface area contributed by atoms with Crippen LogP contribution < -0.4 is 5.73 Å². The van der Waals surface area contributed by atoms with E-state index in [0.29, 0.717) is 12.3 Å². The molecule has 1 aromatic rings.